The van der Waals surface area contributed by atoms with Crippen LogP contribution in [0.1, 0.15) is 30.3 Å². The average Bonchev–Trinajstić information content (AvgIpc) is 3.29. The lowest BCUT2D eigenvalue weighted by molar-refractivity contribution is -0.126. The summed E-state index contributed by atoms with van der Waals surface area (Å²) >= 11 is 0. The number of pyridine rings is 1. The third-order valence-electron chi connectivity index (χ3n) is 5.49. The first kappa shape index (κ1) is 26.5. The van der Waals surface area contributed by atoms with Crippen LogP contribution < -0.4 is 15.8 Å². The molecule has 0 aliphatic carbocycles. The fourth-order valence-corrected chi connectivity index (χ4v) is 3.57. The molecule has 2 amide bonds. The highest BCUT2D eigenvalue weighted by Crippen LogP contribution is 2.21. The summed E-state index contributed by atoms with van der Waals surface area (Å²) in [5.41, 5.74) is 5.73. The number of ether oxygens (including phenoxy) is 3. The third kappa shape index (κ3) is 8.23. The number of morpholine rings is 1. The minimum atomic E-state index is -0.922. The van der Waals surface area contributed by atoms with Crippen LogP contribution in [0.15, 0.2) is 36.5 Å². The Labute approximate surface area is 202 Å². The highest BCUT2D eigenvalue weighted by molar-refractivity contribution is 5.96. The van der Waals surface area contributed by atoms with Crippen molar-refractivity contribution < 1.29 is 32.6 Å². The molecule has 0 bridgehead atoms. The van der Waals surface area contributed by atoms with E-state index >= 15 is 0 Å². The maximum Gasteiger partial charge on any atom is 0.267 e. The van der Waals surface area contributed by atoms with Crippen LogP contribution >= 0.6 is 0 Å². The van der Waals surface area contributed by atoms with Gasteiger partial charge in [-0.15, -0.1) is 0 Å². The molecule has 2 saturated heterocycles. The molecule has 0 radical (unpaired) electrons. The van der Waals surface area contributed by atoms with Gasteiger partial charge in [-0.05, 0) is 44.0 Å². The standard InChI is InChI=1S/C12H15F2NO2.C12H15N3O3/c13-10-2-1-3-11(12(10)14)17-9-6-15-4-7-16-8-5-15;1-7-2-3-10(18-7)12(17)15-8-4-5-14-9(6-8)11(13)16/h1-3H,4-9H2;4-7,10H,2-3H2,1H3,(H2,13,16)(H,14,15,17). The van der Waals surface area contributed by atoms with Crippen molar-refractivity contribution in [3.8, 4) is 5.75 Å². The van der Waals surface area contributed by atoms with Crippen molar-refractivity contribution in [1.82, 2.24) is 9.88 Å². The van der Waals surface area contributed by atoms with Gasteiger partial charge in [0.25, 0.3) is 11.8 Å². The summed E-state index contributed by atoms with van der Waals surface area (Å²) in [6.07, 6.45) is 2.69. The van der Waals surface area contributed by atoms with E-state index in [0.717, 1.165) is 25.6 Å². The molecule has 2 aromatic rings. The molecule has 190 valence electrons. The zero-order chi connectivity index (χ0) is 25.2. The predicted octanol–water partition coefficient (Wildman–Crippen LogP) is 2.36. The van der Waals surface area contributed by atoms with E-state index in [1.807, 2.05) is 6.92 Å². The first-order valence-electron chi connectivity index (χ1n) is 11.4. The predicted molar refractivity (Wildman–Crippen MR) is 124 cm³/mol. The Kier molecular flexibility index (Phi) is 9.88. The minimum absolute atomic E-state index is 0.0294. The molecule has 9 nitrogen and oxygen atoms in total. The molecular formula is C24H30F2N4O5. The number of nitrogens with one attached hydrogen (secondary N) is 1. The van der Waals surface area contributed by atoms with Crippen LogP contribution in [0.4, 0.5) is 14.5 Å². The van der Waals surface area contributed by atoms with Crippen molar-refractivity contribution in [3.63, 3.8) is 0 Å². The van der Waals surface area contributed by atoms with E-state index in [1.54, 1.807) is 6.07 Å². The summed E-state index contributed by atoms with van der Waals surface area (Å²) < 4.78 is 42.0. The molecule has 2 aliphatic rings. The molecule has 1 aromatic heterocycles. The molecule has 11 heteroatoms. The van der Waals surface area contributed by atoms with E-state index in [9.17, 15) is 18.4 Å². The quantitative estimate of drug-likeness (QED) is 0.610. The van der Waals surface area contributed by atoms with E-state index in [-0.39, 0.29) is 23.5 Å². The van der Waals surface area contributed by atoms with Crippen LogP contribution in [0.5, 0.6) is 5.75 Å². The molecule has 1 aromatic carbocycles. The second kappa shape index (κ2) is 13.1. The fourth-order valence-electron chi connectivity index (χ4n) is 3.57. The number of hydrogen-bond donors (Lipinski definition) is 2. The number of hydrogen-bond acceptors (Lipinski definition) is 7. The van der Waals surface area contributed by atoms with Crippen molar-refractivity contribution in [2.24, 2.45) is 5.73 Å². The number of aromatic nitrogens is 1. The molecule has 0 spiro atoms. The van der Waals surface area contributed by atoms with Crippen LogP contribution in [0, 0.1) is 11.6 Å². The van der Waals surface area contributed by atoms with E-state index in [1.165, 1.54) is 24.4 Å². The molecule has 35 heavy (non-hydrogen) atoms. The van der Waals surface area contributed by atoms with Gasteiger partial charge in [-0.3, -0.25) is 19.5 Å². The van der Waals surface area contributed by atoms with E-state index < -0.39 is 23.6 Å². The molecule has 2 aliphatic heterocycles. The van der Waals surface area contributed by atoms with Gasteiger partial charge in [0, 0.05) is 31.5 Å². The second-order valence-electron chi connectivity index (χ2n) is 8.15. The summed E-state index contributed by atoms with van der Waals surface area (Å²) in [5.74, 6) is -2.67. The summed E-state index contributed by atoms with van der Waals surface area (Å²) in [6, 6.07) is 6.98. The molecule has 0 saturated carbocycles. The van der Waals surface area contributed by atoms with Gasteiger partial charge in [0.1, 0.15) is 18.4 Å². The van der Waals surface area contributed by atoms with Crippen LogP contribution in [0.2, 0.25) is 0 Å². The van der Waals surface area contributed by atoms with Crippen LogP contribution in [-0.2, 0) is 14.3 Å². The normalized spacial score (nSPS) is 20.0. The Balaban J connectivity index is 0.000000196. The maximum atomic E-state index is 13.2. The average molecular weight is 493 g/mol. The Morgan fingerprint density at radius 2 is 2.00 bits per heavy atom. The number of amides is 2. The zero-order valence-corrected chi connectivity index (χ0v) is 19.5. The number of carbonyl (C=O) groups excluding carboxylic acids is 2. The lowest BCUT2D eigenvalue weighted by atomic mass is 10.2. The first-order chi connectivity index (χ1) is 16.8. The van der Waals surface area contributed by atoms with Crippen LogP contribution in [-0.4, -0.2) is 73.4 Å². The highest BCUT2D eigenvalue weighted by Gasteiger charge is 2.28. The molecule has 3 heterocycles. The number of carbonyl (C=O) groups is 2. The summed E-state index contributed by atoms with van der Waals surface area (Å²) in [4.78, 5) is 28.8. The fraction of sp³-hybridized carbons (Fsp3) is 0.458. The van der Waals surface area contributed by atoms with E-state index in [2.05, 4.69) is 15.2 Å². The van der Waals surface area contributed by atoms with Gasteiger partial charge in [-0.25, -0.2) is 4.39 Å². The molecule has 2 unspecified atom stereocenters. The molecule has 4 rings (SSSR count). The number of nitrogens with two attached hydrogens (primary N) is 1. The molecule has 3 N–H and O–H groups in total. The SMILES string of the molecule is CC1CCC(C(=O)Nc2ccnc(C(N)=O)c2)O1.Fc1cccc(OCCN2CCOCC2)c1F. The van der Waals surface area contributed by atoms with Crippen LogP contribution in [0.3, 0.4) is 0 Å². The number of rotatable bonds is 7. The Morgan fingerprint density at radius 3 is 2.69 bits per heavy atom. The third-order valence-corrected chi connectivity index (χ3v) is 5.49. The molecule has 2 atom stereocenters. The Morgan fingerprint density at radius 1 is 1.23 bits per heavy atom. The zero-order valence-electron chi connectivity index (χ0n) is 19.5. The summed E-state index contributed by atoms with van der Waals surface area (Å²) in [5, 5.41) is 2.69. The maximum absolute atomic E-state index is 13.2. The topological polar surface area (TPSA) is 116 Å². The van der Waals surface area contributed by atoms with Gasteiger partial charge in [0.2, 0.25) is 5.82 Å². The minimum Gasteiger partial charge on any atom is -0.489 e. The van der Waals surface area contributed by atoms with Gasteiger partial charge in [-0.1, -0.05) is 6.07 Å². The van der Waals surface area contributed by atoms with Crippen molar-refractivity contribution >= 4 is 17.5 Å². The van der Waals surface area contributed by atoms with Gasteiger partial charge in [-0.2, -0.15) is 4.39 Å². The summed E-state index contributed by atoms with van der Waals surface area (Å²) in [7, 11) is 0. The van der Waals surface area contributed by atoms with E-state index in [4.69, 9.17) is 19.9 Å². The number of benzene rings is 1. The lowest BCUT2D eigenvalue weighted by Gasteiger charge is -2.26. The van der Waals surface area contributed by atoms with Crippen molar-refractivity contribution in [3.05, 3.63) is 53.9 Å². The highest BCUT2D eigenvalue weighted by atomic mass is 19.2. The molecule has 2 fully saturated rings. The largest absolute Gasteiger partial charge is 0.489 e. The molecular weight excluding hydrogens is 462 g/mol. The smallest absolute Gasteiger partial charge is 0.267 e. The van der Waals surface area contributed by atoms with Crippen LogP contribution in [0.25, 0.3) is 0 Å². The Bertz CT molecular complexity index is 1000. The van der Waals surface area contributed by atoms with Crippen molar-refractivity contribution in [2.45, 2.75) is 32.0 Å². The number of primary amides is 1. The number of halogens is 2. The monoisotopic (exact) mass is 492 g/mol. The van der Waals surface area contributed by atoms with Gasteiger partial charge >= 0.3 is 0 Å². The second-order valence-corrected chi connectivity index (χ2v) is 8.15. The van der Waals surface area contributed by atoms with Gasteiger partial charge in [0.15, 0.2) is 11.6 Å². The van der Waals surface area contributed by atoms with Gasteiger partial charge in [0.05, 0.1) is 19.3 Å². The number of nitrogens with zero attached hydrogens (tertiary/aromatic N) is 2. The van der Waals surface area contributed by atoms with Gasteiger partial charge < -0.3 is 25.3 Å². The van der Waals surface area contributed by atoms with E-state index in [0.29, 0.717) is 38.5 Å². The summed E-state index contributed by atoms with van der Waals surface area (Å²) in [6.45, 7) is 6.12. The number of anilines is 1. The first-order valence-corrected chi connectivity index (χ1v) is 11.4. The Hall–Kier alpha value is -3.15. The van der Waals surface area contributed by atoms with Crippen molar-refractivity contribution in [1.29, 1.82) is 0 Å². The van der Waals surface area contributed by atoms with Crippen molar-refractivity contribution in [2.75, 3.05) is 44.8 Å². The lowest BCUT2D eigenvalue weighted by Crippen LogP contribution is -2.38.